The lowest BCUT2D eigenvalue weighted by atomic mass is 10.2. The minimum absolute atomic E-state index is 0.0852. The van der Waals surface area contributed by atoms with Crippen molar-refractivity contribution in [3.8, 4) is 5.75 Å². The van der Waals surface area contributed by atoms with Gasteiger partial charge in [0.05, 0.1) is 11.8 Å². The van der Waals surface area contributed by atoms with Crippen LogP contribution in [0.25, 0.3) is 10.9 Å². The van der Waals surface area contributed by atoms with Crippen molar-refractivity contribution in [2.45, 2.75) is 12.5 Å². The highest BCUT2D eigenvalue weighted by atomic mass is 32.1. The van der Waals surface area contributed by atoms with Crippen molar-refractivity contribution in [3.63, 3.8) is 0 Å². The number of thiophene rings is 1. The van der Waals surface area contributed by atoms with Crippen molar-refractivity contribution in [2.75, 3.05) is 13.6 Å². The molecule has 1 aromatic carbocycles. The molecule has 3 aromatic rings. The van der Waals surface area contributed by atoms with E-state index in [1.54, 1.807) is 18.4 Å². The summed E-state index contributed by atoms with van der Waals surface area (Å²) in [5.74, 6) is 0.589. The van der Waals surface area contributed by atoms with E-state index in [1.807, 2.05) is 36.7 Å². The van der Waals surface area contributed by atoms with Gasteiger partial charge >= 0.3 is 0 Å². The normalized spacial score (nSPS) is 12.4. The van der Waals surface area contributed by atoms with Gasteiger partial charge < -0.3 is 14.6 Å². The van der Waals surface area contributed by atoms with E-state index in [0.29, 0.717) is 16.7 Å². The Kier molecular flexibility index (Phi) is 4.73. The van der Waals surface area contributed by atoms with E-state index in [2.05, 4.69) is 16.4 Å². The summed E-state index contributed by atoms with van der Waals surface area (Å²) in [6, 6.07) is 9.61. The number of nitrogens with zero attached hydrogens (tertiary/aromatic N) is 2. The quantitative estimate of drug-likeness (QED) is 0.755. The van der Waals surface area contributed by atoms with Crippen LogP contribution in [0.15, 0.2) is 46.8 Å². The molecular formula is C17H19N3O2S. The summed E-state index contributed by atoms with van der Waals surface area (Å²) in [5.41, 5.74) is 0.563. The van der Waals surface area contributed by atoms with Gasteiger partial charge in [-0.1, -0.05) is 12.1 Å². The second-order valence-electron chi connectivity index (χ2n) is 5.33. The molecule has 6 heteroatoms. The summed E-state index contributed by atoms with van der Waals surface area (Å²) in [5, 5.41) is 5.72. The first-order valence-corrected chi connectivity index (χ1v) is 8.37. The van der Waals surface area contributed by atoms with Crippen LogP contribution in [0.4, 0.5) is 0 Å². The molecule has 0 saturated heterocycles. The number of benzene rings is 1. The molecule has 0 saturated carbocycles. The van der Waals surface area contributed by atoms with Crippen molar-refractivity contribution in [3.05, 3.63) is 57.3 Å². The molecule has 1 unspecified atom stereocenters. The van der Waals surface area contributed by atoms with Gasteiger partial charge in [0, 0.05) is 18.3 Å². The van der Waals surface area contributed by atoms with Crippen molar-refractivity contribution in [1.82, 2.24) is 14.9 Å². The van der Waals surface area contributed by atoms with E-state index < -0.39 is 0 Å². The third kappa shape index (κ3) is 3.28. The molecule has 2 aromatic heterocycles. The van der Waals surface area contributed by atoms with Gasteiger partial charge in [0.2, 0.25) is 0 Å². The Morgan fingerprint density at radius 3 is 2.96 bits per heavy atom. The predicted octanol–water partition coefficient (Wildman–Crippen LogP) is 2.72. The van der Waals surface area contributed by atoms with Gasteiger partial charge in [-0.3, -0.25) is 4.79 Å². The molecule has 3 rings (SSSR count). The number of fused-ring (bicyclic) bond motifs is 1. The predicted molar refractivity (Wildman–Crippen MR) is 93.2 cm³/mol. The van der Waals surface area contributed by atoms with Crippen molar-refractivity contribution >= 4 is 22.2 Å². The number of aryl methyl sites for hydroxylation is 1. The van der Waals surface area contributed by atoms with Crippen LogP contribution in [0.3, 0.4) is 0 Å². The zero-order chi connectivity index (χ0) is 16.2. The number of ether oxygens (including phenoxy) is 1. The summed E-state index contributed by atoms with van der Waals surface area (Å²) in [6.45, 7) is 0.837. The van der Waals surface area contributed by atoms with E-state index in [-0.39, 0.29) is 11.7 Å². The van der Waals surface area contributed by atoms with Crippen LogP contribution < -0.4 is 15.6 Å². The number of aromatic nitrogens is 2. The SMILES string of the molecule is CNCCC(Oc1cccc2ncn(C)c(=O)c12)c1cccs1. The number of nitrogens with one attached hydrogen (secondary N) is 1. The lowest BCUT2D eigenvalue weighted by Crippen LogP contribution is -2.19. The lowest BCUT2D eigenvalue weighted by Gasteiger charge is -2.19. The fourth-order valence-corrected chi connectivity index (χ4v) is 3.27. The molecular weight excluding hydrogens is 310 g/mol. The maximum absolute atomic E-state index is 12.5. The van der Waals surface area contributed by atoms with Crippen LogP contribution in [0, 0.1) is 0 Å². The highest BCUT2D eigenvalue weighted by Gasteiger charge is 2.17. The van der Waals surface area contributed by atoms with Gasteiger partial charge in [-0.2, -0.15) is 0 Å². The number of rotatable bonds is 6. The minimum atomic E-state index is -0.0934. The third-order valence-corrected chi connectivity index (χ3v) is 4.66. The molecule has 0 fully saturated rings. The maximum atomic E-state index is 12.5. The third-order valence-electron chi connectivity index (χ3n) is 3.69. The molecule has 0 aliphatic heterocycles. The Balaban J connectivity index is 2.02. The van der Waals surface area contributed by atoms with Crippen LogP contribution in [-0.4, -0.2) is 23.1 Å². The fourth-order valence-electron chi connectivity index (χ4n) is 2.48. The molecule has 120 valence electrons. The molecule has 2 heterocycles. The fraction of sp³-hybridized carbons (Fsp3) is 0.294. The van der Waals surface area contributed by atoms with Gasteiger partial charge in [-0.05, 0) is 37.2 Å². The maximum Gasteiger partial charge on any atom is 0.264 e. The Labute approximate surface area is 138 Å². The molecule has 0 radical (unpaired) electrons. The van der Waals surface area contributed by atoms with E-state index in [4.69, 9.17) is 4.74 Å². The molecule has 1 atom stereocenters. The Morgan fingerprint density at radius 1 is 1.35 bits per heavy atom. The highest BCUT2D eigenvalue weighted by molar-refractivity contribution is 7.10. The van der Waals surface area contributed by atoms with Gasteiger partial charge in [0.25, 0.3) is 5.56 Å². The summed E-state index contributed by atoms with van der Waals surface area (Å²) < 4.78 is 7.70. The Bertz CT molecular complexity index is 843. The largest absolute Gasteiger partial charge is 0.484 e. The Hall–Kier alpha value is -2.18. The summed E-state index contributed by atoms with van der Waals surface area (Å²) in [7, 11) is 3.62. The van der Waals surface area contributed by atoms with Crippen LogP contribution in [0.1, 0.15) is 17.4 Å². The standard InChI is InChI=1S/C17H19N3O2S/c1-18-9-8-13(15-7-4-10-23-15)22-14-6-3-5-12-16(14)17(21)20(2)11-19-12/h3-7,10-11,13,18H,8-9H2,1-2H3. The highest BCUT2D eigenvalue weighted by Crippen LogP contribution is 2.30. The first kappa shape index (κ1) is 15.7. The Morgan fingerprint density at radius 2 is 2.22 bits per heavy atom. The lowest BCUT2D eigenvalue weighted by molar-refractivity contribution is 0.201. The molecule has 0 aliphatic rings. The van der Waals surface area contributed by atoms with Crippen LogP contribution in [0.5, 0.6) is 5.75 Å². The van der Waals surface area contributed by atoms with Gasteiger partial charge in [0.1, 0.15) is 17.2 Å². The molecule has 0 spiro atoms. The molecule has 23 heavy (non-hydrogen) atoms. The first-order chi connectivity index (χ1) is 11.2. The second kappa shape index (κ2) is 6.93. The average molecular weight is 329 g/mol. The number of hydrogen-bond donors (Lipinski definition) is 1. The minimum Gasteiger partial charge on any atom is -0.484 e. The van der Waals surface area contributed by atoms with Gasteiger partial charge in [-0.15, -0.1) is 11.3 Å². The molecule has 0 aliphatic carbocycles. The monoisotopic (exact) mass is 329 g/mol. The smallest absolute Gasteiger partial charge is 0.264 e. The van der Waals surface area contributed by atoms with Crippen LogP contribution in [0.2, 0.25) is 0 Å². The summed E-state index contributed by atoms with van der Waals surface area (Å²) in [4.78, 5) is 17.9. The zero-order valence-electron chi connectivity index (χ0n) is 13.2. The van der Waals surface area contributed by atoms with Gasteiger partial charge in [-0.25, -0.2) is 4.98 Å². The van der Waals surface area contributed by atoms with E-state index >= 15 is 0 Å². The molecule has 1 N–H and O–H groups in total. The topological polar surface area (TPSA) is 56.1 Å². The molecule has 0 amide bonds. The zero-order valence-corrected chi connectivity index (χ0v) is 14.0. The van der Waals surface area contributed by atoms with E-state index in [1.165, 1.54) is 10.9 Å². The van der Waals surface area contributed by atoms with E-state index in [0.717, 1.165) is 17.8 Å². The average Bonchev–Trinajstić information content (AvgIpc) is 3.09. The first-order valence-electron chi connectivity index (χ1n) is 7.49. The van der Waals surface area contributed by atoms with Crippen molar-refractivity contribution < 1.29 is 4.74 Å². The van der Waals surface area contributed by atoms with Crippen molar-refractivity contribution in [1.29, 1.82) is 0 Å². The van der Waals surface area contributed by atoms with Crippen LogP contribution in [-0.2, 0) is 7.05 Å². The van der Waals surface area contributed by atoms with E-state index in [9.17, 15) is 4.79 Å². The molecule has 5 nitrogen and oxygen atoms in total. The van der Waals surface area contributed by atoms with Crippen molar-refractivity contribution in [2.24, 2.45) is 7.05 Å². The van der Waals surface area contributed by atoms with Gasteiger partial charge in [0.15, 0.2) is 0 Å². The molecule has 0 bridgehead atoms. The second-order valence-corrected chi connectivity index (χ2v) is 6.30. The number of hydrogen-bond acceptors (Lipinski definition) is 5. The van der Waals surface area contributed by atoms with Crippen LogP contribution >= 0.6 is 11.3 Å². The summed E-state index contributed by atoms with van der Waals surface area (Å²) >= 11 is 1.66. The summed E-state index contributed by atoms with van der Waals surface area (Å²) in [6.07, 6.45) is 2.28.